The van der Waals surface area contributed by atoms with E-state index in [4.69, 9.17) is 15.6 Å². The van der Waals surface area contributed by atoms with Gasteiger partial charge >= 0.3 is 0 Å². The van der Waals surface area contributed by atoms with Crippen molar-refractivity contribution >= 4 is 11.4 Å². The van der Waals surface area contributed by atoms with Crippen molar-refractivity contribution in [1.82, 2.24) is 0 Å². The Labute approximate surface area is 108 Å². The smallest absolute Gasteiger partial charge is 0.0701 e. The second-order valence-electron chi connectivity index (χ2n) is 4.83. The number of benzene rings is 1. The van der Waals surface area contributed by atoms with Gasteiger partial charge in [0.1, 0.15) is 0 Å². The van der Waals surface area contributed by atoms with Gasteiger partial charge in [-0.3, -0.25) is 0 Å². The lowest BCUT2D eigenvalue weighted by Gasteiger charge is -2.34. The van der Waals surface area contributed by atoms with Crippen LogP contribution in [0, 0.1) is 6.92 Å². The zero-order valence-corrected chi connectivity index (χ0v) is 10.9. The second kappa shape index (κ2) is 6.07. The molecule has 0 aliphatic carbocycles. The number of anilines is 2. The van der Waals surface area contributed by atoms with E-state index < -0.39 is 0 Å². The highest BCUT2D eigenvalue weighted by molar-refractivity contribution is 5.59. The van der Waals surface area contributed by atoms with Gasteiger partial charge in [-0.1, -0.05) is 0 Å². The molecule has 0 unspecified atom stereocenters. The minimum absolute atomic E-state index is 0.108. The molecular weight excluding hydrogens is 228 g/mol. The summed E-state index contributed by atoms with van der Waals surface area (Å²) >= 11 is 0. The summed E-state index contributed by atoms with van der Waals surface area (Å²) in [6.07, 6.45) is 2.33. The van der Waals surface area contributed by atoms with Crippen LogP contribution in [0.2, 0.25) is 0 Å². The van der Waals surface area contributed by atoms with Crippen molar-refractivity contribution < 1.29 is 9.84 Å². The lowest BCUT2D eigenvalue weighted by molar-refractivity contribution is 0.0159. The summed E-state index contributed by atoms with van der Waals surface area (Å²) in [5.74, 6) is 0. The molecule has 18 heavy (non-hydrogen) atoms. The van der Waals surface area contributed by atoms with Crippen LogP contribution in [0.3, 0.4) is 0 Å². The lowest BCUT2D eigenvalue weighted by atomic mass is 10.0. The zero-order valence-electron chi connectivity index (χ0n) is 10.9. The standard InChI is InChI=1S/C14H22N2O2/c1-11-10-12(15)2-3-14(11)16-6-4-13(5-7-16)18-9-8-17/h2-3,10,13,17H,4-9,15H2,1H3. The molecule has 1 saturated heterocycles. The van der Waals surface area contributed by atoms with Crippen LogP contribution in [-0.4, -0.2) is 37.5 Å². The van der Waals surface area contributed by atoms with Crippen LogP contribution in [-0.2, 0) is 4.74 Å². The molecule has 0 radical (unpaired) electrons. The van der Waals surface area contributed by atoms with E-state index in [1.54, 1.807) is 0 Å². The Hall–Kier alpha value is -1.26. The summed E-state index contributed by atoms with van der Waals surface area (Å²) in [5, 5.41) is 8.74. The van der Waals surface area contributed by atoms with E-state index in [2.05, 4.69) is 17.9 Å². The van der Waals surface area contributed by atoms with E-state index in [0.29, 0.717) is 12.7 Å². The first kappa shape index (κ1) is 13.2. The molecule has 0 aromatic heterocycles. The average molecular weight is 250 g/mol. The molecule has 100 valence electrons. The Kier molecular flexibility index (Phi) is 4.44. The molecule has 4 nitrogen and oxygen atoms in total. The summed E-state index contributed by atoms with van der Waals surface area (Å²) in [6, 6.07) is 6.07. The quantitative estimate of drug-likeness (QED) is 0.796. The van der Waals surface area contributed by atoms with Gasteiger partial charge in [-0.25, -0.2) is 0 Å². The molecule has 1 aliphatic heterocycles. The molecule has 0 amide bonds. The van der Waals surface area contributed by atoms with Crippen LogP contribution in [0.4, 0.5) is 11.4 Å². The van der Waals surface area contributed by atoms with Crippen molar-refractivity contribution in [2.45, 2.75) is 25.9 Å². The normalized spacial score (nSPS) is 17.1. The van der Waals surface area contributed by atoms with E-state index in [1.807, 2.05) is 12.1 Å². The first-order valence-corrected chi connectivity index (χ1v) is 6.54. The molecular formula is C14H22N2O2. The largest absolute Gasteiger partial charge is 0.399 e. The third-order valence-electron chi connectivity index (χ3n) is 3.45. The molecule has 1 aliphatic rings. The summed E-state index contributed by atoms with van der Waals surface area (Å²) in [6.45, 7) is 4.66. The van der Waals surface area contributed by atoms with Gasteiger partial charge in [-0.2, -0.15) is 0 Å². The van der Waals surface area contributed by atoms with Gasteiger partial charge in [0.25, 0.3) is 0 Å². The van der Waals surface area contributed by atoms with Gasteiger partial charge in [0.05, 0.1) is 19.3 Å². The number of hydrogen-bond donors (Lipinski definition) is 2. The Morgan fingerprint density at radius 1 is 1.39 bits per heavy atom. The average Bonchev–Trinajstić information content (AvgIpc) is 2.37. The van der Waals surface area contributed by atoms with Gasteiger partial charge in [-0.15, -0.1) is 0 Å². The Bertz CT molecular complexity index is 387. The van der Waals surface area contributed by atoms with E-state index >= 15 is 0 Å². The minimum atomic E-state index is 0.108. The molecule has 1 aromatic rings. The maximum atomic E-state index is 8.74. The Morgan fingerprint density at radius 2 is 2.11 bits per heavy atom. The lowest BCUT2D eigenvalue weighted by Crippen LogP contribution is -2.37. The maximum absolute atomic E-state index is 8.74. The number of nitrogen functional groups attached to an aromatic ring is 1. The summed E-state index contributed by atoms with van der Waals surface area (Å²) in [7, 11) is 0. The third kappa shape index (κ3) is 3.15. The SMILES string of the molecule is Cc1cc(N)ccc1N1CCC(OCCO)CC1. The first-order valence-electron chi connectivity index (χ1n) is 6.54. The van der Waals surface area contributed by atoms with Crippen molar-refractivity contribution in [3.8, 4) is 0 Å². The molecule has 1 aromatic carbocycles. The highest BCUT2D eigenvalue weighted by Crippen LogP contribution is 2.26. The van der Waals surface area contributed by atoms with Crippen LogP contribution in [0.1, 0.15) is 18.4 Å². The van der Waals surface area contributed by atoms with Crippen LogP contribution < -0.4 is 10.6 Å². The van der Waals surface area contributed by atoms with Gasteiger partial charge in [-0.05, 0) is 43.5 Å². The Morgan fingerprint density at radius 3 is 2.72 bits per heavy atom. The van der Waals surface area contributed by atoms with Crippen LogP contribution in [0.5, 0.6) is 0 Å². The molecule has 0 spiro atoms. The van der Waals surface area contributed by atoms with Crippen molar-refractivity contribution in [2.75, 3.05) is 36.9 Å². The fourth-order valence-corrected chi connectivity index (χ4v) is 2.52. The number of ether oxygens (including phenoxy) is 1. The summed E-state index contributed by atoms with van der Waals surface area (Å²) < 4.78 is 5.57. The zero-order chi connectivity index (χ0) is 13.0. The summed E-state index contributed by atoms with van der Waals surface area (Å²) in [4.78, 5) is 2.38. The number of nitrogens with zero attached hydrogens (tertiary/aromatic N) is 1. The van der Waals surface area contributed by atoms with E-state index in [1.165, 1.54) is 11.3 Å². The molecule has 0 saturated carbocycles. The number of rotatable bonds is 4. The molecule has 4 heteroatoms. The van der Waals surface area contributed by atoms with Gasteiger partial charge in [0.2, 0.25) is 0 Å². The number of nitrogens with two attached hydrogens (primary N) is 1. The monoisotopic (exact) mass is 250 g/mol. The van der Waals surface area contributed by atoms with Crippen LogP contribution in [0.15, 0.2) is 18.2 Å². The molecule has 1 heterocycles. The van der Waals surface area contributed by atoms with Gasteiger partial charge in [0, 0.05) is 24.5 Å². The highest BCUT2D eigenvalue weighted by Gasteiger charge is 2.20. The number of aliphatic hydroxyl groups is 1. The topological polar surface area (TPSA) is 58.7 Å². The Balaban J connectivity index is 1.93. The number of hydrogen-bond acceptors (Lipinski definition) is 4. The van der Waals surface area contributed by atoms with Gasteiger partial charge in [0.15, 0.2) is 0 Å². The maximum Gasteiger partial charge on any atom is 0.0701 e. The van der Waals surface area contributed by atoms with Crippen LogP contribution >= 0.6 is 0 Å². The fourth-order valence-electron chi connectivity index (χ4n) is 2.52. The first-order chi connectivity index (χ1) is 8.70. The molecule has 1 fully saturated rings. The van der Waals surface area contributed by atoms with E-state index in [0.717, 1.165) is 31.6 Å². The van der Waals surface area contributed by atoms with E-state index in [9.17, 15) is 0 Å². The molecule has 0 atom stereocenters. The fraction of sp³-hybridized carbons (Fsp3) is 0.571. The number of aryl methyl sites for hydroxylation is 1. The molecule has 0 bridgehead atoms. The predicted molar refractivity (Wildman–Crippen MR) is 73.9 cm³/mol. The van der Waals surface area contributed by atoms with Gasteiger partial charge < -0.3 is 20.5 Å². The summed E-state index contributed by atoms with van der Waals surface area (Å²) in [5.41, 5.74) is 9.08. The molecule has 2 rings (SSSR count). The van der Waals surface area contributed by atoms with Crippen molar-refractivity contribution in [2.24, 2.45) is 0 Å². The van der Waals surface area contributed by atoms with E-state index in [-0.39, 0.29) is 6.61 Å². The highest BCUT2D eigenvalue weighted by atomic mass is 16.5. The third-order valence-corrected chi connectivity index (χ3v) is 3.45. The molecule has 3 N–H and O–H groups in total. The predicted octanol–water partition coefficient (Wildman–Crippen LogP) is 1.55. The number of aliphatic hydroxyl groups excluding tert-OH is 1. The minimum Gasteiger partial charge on any atom is -0.399 e. The number of piperidine rings is 1. The van der Waals surface area contributed by atoms with Crippen molar-refractivity contribution in [3.63, 3.8) is 0 Å². The van der Waals surface area contributed by atoms with Crippen molar-refractivity contribution in [3.05, 3.63) is 23.8 Å². The van der Waals surface area contributed by atoms with Crippen LogP contribution in [0.25, 0.3) is 0 Å². The second-order valence-corrected chi connectivity index (χ2v) is 4.83. The van der Waals surface area contributed by atoms with Crippen molar-refractivity contribution in [1.29, 1.82) is 0 Å².